The Morgan fingerprint density at radius 3 is 2.77 bits per heavy atom. The zero-order valence-electron chi connectivity index (χ0n) is 16.3. The van der Waals surface area contributed by atoms with Crippen LogP contribution in [0, 0.1) is 6.92 Å². The maximum atomic E-state index is 13.9. The van der Waals surface area contributed by atoms with Crippen LogP contribution in [0.4, 0.5) is 19.1 Å². The third-order valence-corrected chi connectivity index (χ3v) is 5.08. The summed E-state index contributed by atoms with van der Waals surface area (Å²) in [7, 11) is 1.86. The number of nitrogens with one attached hydrogen (secondary N) is 1. The van der Waals surface area contributed by atoms with Gasteiger partial charge in [-0.25, -0.2) is 4.39 Å². The minimum absolute atomic E-state index is 0.109. The molecule has 1 fully saturated rings. The van der Waals surface area contributed by atoms with Gasteiger partial charge in [0.25, 0.3) is 0 Å². The van der Waals surface area contributed by atoms with Gasteiger partial charge in [-0.3, -0.25) is 0 Å². The van der Waals surface area contributed by atoms with Crippen molar-refractivity contribution < 1.29 is 17.9 Å². The number of ether oxygens (including phenoxy) is 1. The van der Waals surface area contributed by atoms with E-state index in [9.17, 15) is 13.2 Å². The number of halogens is 4. The molecule has 4 rings (SSSR count). The molecule has 2 aromatic heterocycles. The quantitative estimate of drug-likeness (QED) is 0.650. The van der Waals surface area contributed by atoms with Gasteiger partial charge in [0.05, 0.1) is 11.2 Å². The molecule has 1 N–H and O–H groups in total. The summed E-state index contributed by atoms with van der Waals surface area (Å²) in [5, 5.41) is 16.3. The molecule has 0 amide bonds. The standard InChI is InChI=1S/C19H20ClF3N6O/c1-10-5-15-17(14-4-3-11(20)6-16(14)30-18(22)23)25-26-19(29(15)27-10)24-13-7-12(21)8-28(2)9-13/h3-6,12-13,18H,7-9H2,1-2H3,(H,24,26)/t12-,13-/m0/s1. The predicted molar refractivity (Wildman–Crippen MR) is 107 cm³/mol. The van der Waals surface area contributed by atoms with Gasteiger partial charge in [-0.15, -0.1) is 10.2 Å². The number of rotatable bonds is 5. The topological polar surface area (TPSA) is 67.6 Å². The molecule has 160 valence electrons. The molecular weight excluding hydrogens is 421 g/mol. The van der Waals surface area contributed by atoms with E-state index in [1.807, 2.05) is 11.9 Å². The van der Waals surface area contributed by atoms with Crippen molar-refractivity contribution in [2.24, 2.45) is 0 Å². The highest BCUT2D eigenvalue weighted by molar-refractivity contribution is 6.30. The van der Waals surface area contributed by atoms with E-state index in [1.54, 1.807) is 29.6 Å². The molecule has 0 spiro atoms. The second-order valence-corrected chi connectivity index (χ2v) is 7.81. The fraction of sp³-hybridized carbons (Fsp3) is 0.421. The van der Waals surface area contributed by atoms with Gasteiger partial charge in [0.15, 0.2) is 0 Å². The van der Waals surface area contributed by atoms with Crippen molar-refractivity contribution in [3.05, 3.63) is 35.0 Å². The van der Waals surface area contributed by atoms with Crippen LogP contribution in [0.3, 0.4) is 0 Å². The molecule has 3 aromatic rings. The number of fused-ring (bicyclic) bond motifs is 1. The maximum absolute atomic E-state index is 13.9. The van der Waals surface area contributed by atoms with Crippen molar-refractivity contribution in [3.8, 4) is 17.0 Å². The van der Waals surface area contributed by atoms with E-state index in [2.05, 4.69) is 25.3 Å². The maximum Gasteiger partial charge on any atom is 0.387 e. The van der Waals surface area contributed by atoms with E-state index in [-0.39, 0.29) is 16.8 Å². The molecular formula is C19H20ClF3N6O. The first kappa shape index (κ1) is 20.7. The third-order valence-electron chi connectivity index (χ3n) is 4.85. The molecule has 0 aliphatic carbocycles. The number of alkyl halides is 3. The lowest BCUT2D eigenvalue weighted by Crippen LogP contribution is -2.45. The average molecular weight is 441 g/mol. The van der Waals surface area contributed by atoms with Crippen LogP contribution in [0.2, 0.25) is 5.02 Å². The largest absolute Gasteiger partial charge is 0.434 e. The smallest absolute Gasteiger partial charge is 0.387 e. The second-order valence-electron chi connectivity index (χ2n) is 7.37. The van der Waals surface area contributed by atoms with Crippen LogP contribution in [0.5, 0.6) is 5.75 Å². The molecule has 0 saturated carbocycles. The number of aryl methyl sites for hydroxylation is 1. The predicted octanol–water partition coefficient (Wildman–Crippen LogP) is 3.81. The number of hydrogen-bond donors (Lipinski definition) is 1. The van der Waals surface area contributed by atoms with Gasteiger partial charge in [-0.1, -0.05) is 11.6 Å². The summed E-state index contributed by atoms with van der Waals surface area (Å²) in [4.78, 5) is 1.90. The Morgan fingerprint density at radius 2 is 2.03 bits per heavy atom. The Labute approximate surface area is 175 Å². The van der Waals surface area contributed by atoms with E-state index in [0.717, 1.165) is 0 Å². The Kier molecular flexibility index (Phi) is 5.70. The van der Waals surface area contributed by atoms with Gasteiger partial charge in [0.1, 0.15) is 17.6 Å². The van der Waals surface area contributed by atoms with Crippen molar-refractivity contribution in [2.45, 2.75) is 32.2 Å². The van der Waals surface area contributed by atoms with Crippen LogP contribution in [-0.4, -0.2) is 63.7 Å². The molecule has 2 atom stereocenters. The van der Waals surface area contributed by atoms with Gasteiger partial charge in [-0.2, -0.15) is 18.4 Å². The number of aromatic nitrogens is 4. The fourth-order valence-corrected chi connectivity index (χ4v) is 3.88. The monoisotopic (exact) mass is 440 g/mol. The number of anilines is 1. The lowest BCUT2D eigenvalue weighted by Gasteiger charge is -2.32. The van der Waals surface area contributed by atoms with Gasteiger partial charge >= 0.3 is 6.61 Å². The van der Waals surface area contributed by atoms with E-state index in [1.165, 1.54) is 6.07 Å². The Balaban J connectivity index is 1.75. The van der Waals surface area contributed by atoms with Crippen molar-refractivity contribution in [1.29, 1.82) is 0 Å². The van der Waals surface area contributed by atoms with Gasteiger partial charge in [-0.05, 0) is 38.2 Å². The highest BCUT2D eigenvalue weighted by Gasteiger charge is 2.26. The Bertz CT molecular complexity index is 1050. The normalized spacial score (nSPS) is 20.1. The first-order valence-corrected chi connectivity index (χ1v) is 9.75. The zero-order chi connectivity index (χ0) is 21.4. The van der Waals surface area contributed by atoms with E-state index >= 15 is 0 Å². The number of nitrogens with zero attached hydrogens (tertiary/aromatic N) is 5. The first-order chi connectivity index (χ1) is 14.3. The molecule has 1 aliphatic heterocycles. The second kappa shape index (κ2) is 8.27. The summed E-state index contributed by atoms with van der Waals surface area (Å²) in [6.45, 7) is -0.182. The lowest BCUT2D eigenvalue weighted by atomic mass is 10.1. The fourth-order valence-electron chi connectivity index (χ4n) is 3.72. The van der Waals surface area contributed by atoms with Crippen LogP contribution in [0.1, 0.15) is 12.1 Å². The summed E-state index contributed by atoms with van der Waals surface area (Å²) < 4.78 is 45.9. The lowest BCUT2D eigenvalue weighted by molar-refractivity contribution is -0.0494. The Hall–Kier alpha value is -2.59. The summed E-state index contributed by atoms with van der Waals surface area (Å²) in [6.07, 6.45) is -0.592. The summed E-state index contributed by atoms with van der Waals surface area (Å²) in [5.74, 6) is 0.238. The molecule has 0 unspecified atom stereocenters. The van der Waals surface area contributed by atoms with Crippen LogP contribution in [0.25, 0.3) is 16.8 Å². The van der Waals surface area contributed by atoms with E-state index in [4.69, 9.17) is 11.6 Å². The summed E-state index contributed by atoms with van der Waals surface area (Å²) in [5.41, 5.74) is 1.86. The molecule has 7 nitrogen and oxygen atoms in total. The van der Waals surface area contributed by atoms with Crippen LogP contribution in [-0.2, 0) is 0 Å². The van der Waals surface area contributed by atoms with Crippen LogP contribution < -0.4 is 10.1 Å². The number of likely N-dealkylation sites (tertiary alicyclic amines) is 1. The van der Waals surface area contributed by atoms with Gasteiger partial charge < -0.3 is 15.0 Å². The minimum atomic E-state index is -3.02. The number of likely N-dealkylation sites (N-methyl/N-ethyl adjacent to an activating group) is 1. The SMILES string of the molecule is Cc1cc2c(-c3ccc(Cl)cc3OC(F)F)nnc(N[C@H]3C[C@H](F)CN(C)C3)n2n1. The van der Waals surface area contributed by atoms with Crippen LogP contribution in [0.15, 0.2) is 24.3 Å². The number of piperidine rings is 1. The molecule has 3 heterocycles. The summed E-state index contributed by atoms with van der Waals surface area (Å²) in [6, 6.07) is 6.00. The summed E-state index contributed by atoms with van der Waals surface area (Å²) >= 11 is 5.94. The zero-order valence-corrected chi connectivity index (χ0v) is 17.1. The third kappa shape index (κ3) is 4.29. The van der Waals surface area contributed by atoms with Crippen LogP contribution >= 0.6 is 11.6 Å². The highest BCUT2D eigenvalue weighted by atomic mass is 35.5. The molecule has 1 saturated heterocycles. The Morgan fingerprint density at radius 1 is 1.23 bits per heavy atom. The molecule has 0 bridgehead atoms. The van der Waals surface area contributed by atoms with Crippen molar-refractivity contribution >= 4 is 23.1 Å². The molecule has 30 heavy (non-hydrogen) atoms. The van der Waals surface area contributed by atoms with Crippen molar-refractivity contribution in [2.75, 3.05) is 25.5 Å². The average Bonchev–Trinajstić information content (AvgIpc) is 3.03. The number of hydrogen-bond acceptors (Lipinski definition) is 6. The molecule has 0 radical (unpaired) electrons. The molecule has 1 aromatic carbocycles. The van der Waals surface area contributed by atoms with Gasteiger partial charge in [0, 0.05) is 36.1 Å². The molecule has 1 aliphatic rings. The van der Waals surface area contributed by atoms with Gasteiger partial charge in [0.2, 0.25) is 5.95 Å². The van der Waals surface area contributed by atoms with Crippen molar-refractivity contribution in [1.82, 2.24) is 24.7 Å². The first-order valence-electron chi connectivity index (χ1n) is 9.37. The highest BCUT2D eigenvalue weighted by Crippen LogP contribution is 2.35. The van der Waals surface area contributed by atoms with E-state index in [0.29, 0.717) is 47.9 Å². The minimum Gasteiger partial charge on any atom is -0.434 e. The van der Waals surface area contributed by atoms with E-state index < -0.39 is 12.8 Å². The van der Waals surface area contributed by atoms with Crippen molar-refractivity contribution in [3.63, 3.8) is 0 Å². The number of benzene rings is 1. The molecule has 11 heteroatoms.